The normalized spacial score (nSPS) is 13.4. The van der Waals surface area contributed by atoms with Gasteiger partial charge in [0.1, 0.15) is 17.6 Å². The Hall–Kier alpha value is -2.27. The van der Waals surface area contributed by atoms with Gasteiger partial charge in [-0.05, 0) is 35.7 Å². The van der Waals surface area contributed by atoms with E-state index in [9.17, 15) is 9.90 Å². The molecule has 0 saturated heterocycles. The number of amides is 1. The third-order valence-corrected chi connectivity index (χ3v) is 3.56. The summed E-state index contributed by atoms with van der Waals surface area (Å²) in [6.07, 6.45) is 1.84. The molecule has 5 heteroatoms. The monoisotopic (exact) mass is 303 g/mol. The van der Waals surface area contributed by atoms with Crippen LogP contribution in [0.2, 0.25) is 0 Å². The Labute approximate surface area is 129 Å². The Kier molecular flexibility index (Phi) is 5.61. The van der Waals surface area contributed by atoms with E-state index in [0.29, 0.717) is 12.2 Å². The highest BCUT2D eigenvalue weighted by molar-refractivity contribution is 5.77. The van der Waals surface area contributed by atoms with Crippen LogP contribution in [-0.2, 0) is 4.79 Å². The summed E-state index contributed by atoms with van der Waals surface area (Å²) in [6.45, 7) is 1.78. The van der Waals surface area contributed by atoms with Crippen molar-refractivity contribution in [2.45, 2.75) is 25.3 Å². The molecule has 2 rings (SSSR count). The first-order valence-electron chi connectivity index (χ1n) is 7.21. The van der Waals surface area contributed by atoms with Crippen molar-refractivity contribution >= 4 is 5.91 Å². The molecule has 5 nitrogen and oxygen atoms in total. The summed E-state index contributed by atoms with van der Waals surface area (Å²) in [5.74, 6) is 1.23. The number of nitrogens with one attached hydrogen (secondary N) is 1. The fraction of sp³-hybridized carbons (Fsp3) is 0.353. The molecule has 2 unspecified atom stereocenters. The smallest absolute Gasteiger partial charge is 0.221 e. The predicted octanol–water partition coefficient (Wildman–Crippen LogP) is 2.63. The van der Waals surface area contributed by atoms with Crippen LogP contribution in [0.5, 0.6) is 5.75 Å². The van der Waals surface area contributed by atoms with Crippen LogP contribution in [0.3, 0.4) is 0 Å². The van der Waals surface area contributed by atoms with Gasteiger partial charge in [-0.25, -0.2) is 0 Å². The van der Waals surface area contributed by atoms with Crippen molar-refractivity contribution in [3.05, 3.63) is 54.0 Å². The average Bonchev–Trinajstić information content (AvgIpc) is 3.06. The number of benzene rings is 1. The Morgan fingerprint density at radius 3 is 2.82 bits per heavy atom. The summed E-state index contributed by atoms with van der Waals surface area (Å²) >= 11 is 0. The molecule has 0 aliphatic heterocycles. The minimum atomic E-state index is -0.514. The quantitative estimate of drug-likeness (QED) is 0.825. The molecular formula is C17H21NO4. The second-order valence-corrected chi connectivity index (χ2v) is 5.20. The van der Waals surface area contributed by atoms with Gasteiger partial charge in [-0.2, -0.15) is 0 Å². The molecule has 0 aliphatic carbocycles. The van der Waals surface area contributed by atoms with Crippen LogP contribution >= 0.6 is 0 Å². The third kappa shape index (κ3) is 4.11. The number of furan rings is 1. The summed E-state index contributed by atoms with van der Waals surface area (Å²) in [4.78, 5) is 12.2. The molecule has 1 heterocycles. The number of hydrogen-bond acceptors (Lipinski definition) is 4. The molecule has 22 heavy (non-hydrogen) atoms. The van der Waals surface area contributed by atoms with Crippen molar-refractivity contribution < 1.29 is 19.1 Å². The van der Waals surface area contributed by atoms with E-state index in [4.69, 9.17) is 9.15 Å². The van der Waals surface area contributed by atoms with Crippen LogP contribution in [0, 0.1) is 0 Å². The first-order valence-corrected chi connectivity index (χ1v) is 7.21. The number of aliphatic hydroxyl groups is 1. The molecule has 1 amide bonds. The lowest BCUT2D eigenvalue weighted by atomic mass is 9.97. The van der Waals surface area contributed by atoms with Crippen LogP contribution in [0.15, 0.2) is 47.1 Å². The molecule has 0 saturated carbocycles. The van der Waals surface area contributed by atoms with Crippen molar-refractivity contribution in [3.63, 3.8) is 0 Å². The maximum atomic E-state index is 12.2. The lowest BCUT2D eigenvalue weighted by molar-refractivity contribution is -0.122. The van der Waals surface area contributed by atoms with Gasteiger partial charge in [0, 0.05) is 6.42 Å². The number of rotatable bonds is 7. The highest BCUT2D eigenvalue weighted by atomic mass is 16.5. The van der Waals surface area contributed by atoms with Gasteiger partial charge in [0.2, 0.25) is 5.91 Å². The second-order valence-electron chi connectivity index (χ2n) is 5.20. The van der Waals surface area contributed by atoms with Crippen molar-refractivity contribution in [1.82, 2.24) is 5.32 Å². The largest absolute Gasteiger partial charge is 0.497 e. The van der Waals surface area contributed by atoms with Crippen LogP contribution < -0.4 is 10.1 Å². The standard InChI is InChI=1S/C17H21NO4/c1-12(13-5-3-6-14(10-13)21-2)9-17(20)18-15(11-19)16-7-4-8-22-16/h3-8,10,12,15,19H,9,11H2,1-2H3,(H,18,20). The molecule has 2 aromatic rings. The van der Waals surface area contributed by atoms with Crippen LogP contribution in [0.4, 0.5) is 0 Å². The molecule has 0 aliphatic rings. The van der Waals surface area contributed by atoms with Crippen molar-refractivity contribution in [1.29, 1.82) is 0 Å². The van der Waals surface area contributed by atoms with E-state index in [1.165, 1.54) is 6.26 Å². The summed E-state index contributed by atoms with van der Waals surface area (Å²) < 4.78 is 10.4. The minimum absolute atomic E-state index is 0.0473. The lowest BCUT2D eigenvalue weighted by Crippen LogP contribution is -2.31. The zero-order valence-corrected chi connectivity index (χ0v) is 12.8. The van der Waals surface area contributed by atoms with E-state index in [-0.39, 0.29) is 18.4 Å². The van der Waals surface area contributed by atoms with Gasteiger partial charge in [-0.3, -0.25) is 4.79 Å². The number of hydrogen-bond donors (Lipinski definition) is 2. The Morgan fingerprint density at radius 2 is 2.18 bits per heavy atom. The lowest BCUT2D eigenvalue weighted by Gasteiger charge is -2.17. The Balaban J connectivity index is 1.95. The predicted molar refractivity (Wildman–Crippen MR) is 82.7 cm³/mol. The number of carbonyl (C=O) groups is 1. The molecule has 1 aromatic carbocycles. The maximum Gasteiger partial charge on any atom is 0.221 e. The highest BCUT2D eigenvalue weighted by Crippen LogP contribution is 2.23. The number of ether oxygens (including phenoxy) is 1. The molecule has 1 aromatic heterocycles. The van der Waals surface area contributed by atoms with E-state index >= 15 is 0 Å². The molecule has 0 fully saturated rings. The van der Waals surface area contributed by atoms with E-state index in [1.807, 2.05) is 31.2 Å². The zero-order chi connectivity index (χ0) is 15.9. The van der Waals surface area contributed by atoms with Gasteiger partial charge >= 0.3 is 0 Å². The maximum absolute atomic E-state index is 12.2. The van der Waals surface area contributed by atoms with Gasteiger partial charge < -0.3 is 19.6 Å². The Morgan fingerprint density at radius 1 is 1.36 bits per heavy atom. The van der Waals surface area contributed by atoms with E-state index < -0.39 is 6.04 Å². The summed E-state index contributed by atoms with van der Waals surface area (Å²) in [6, 6.07) is 10.6. The van der Waals surface area contributed by atoms with Crippen LogP contribution in [0.25, 0.3) is 0 Å². The molecular weight excluding hydrogens is 282 g/mol. The van der Waals surface area contributed by atoms with Crippen LogP contribution in [-0.4, -0.2) is 24.7 Å². The van der Waals surface area contributed by atoms with Crippen molar-refractivity contribution in [2.24, 2.45) is 0 Å². The zero-order valence-electron chi connectivity index (χ0n) is 12.8. The van der Waals surface area contributed by atoms with Gasteiger partial charge in [0.15, 0.2) is 0 Å². The van der Waals surface area contributed by atoms with Crippen molar-refractivity contribution in [2.75, 3.05) is 13.7 Å². The summed E-state index contributed by atoms with van der Waals surface area (Å²) in [7, 11) is 1.62. The highest BCUT2D eigenvalue weighted by Gasteiger charge is 2.18. The summed E-state index contributed by atoms with van der Waals surface area (Å²) in [5, 5.41) is 12.2. The van der Waals surface area contributed by atoms with Gasteiger partial charge in [0.05, 0.1) is 20.0 Å². The number of carbonyl (C=O) groups excluding carboxylic acids is 1. The van der Waals surface area contributed by atoms with Gasteiger partial charge in [-0.15, -0.1) is 0 Å². The van der Waals surface area contributed by atoms with Gasteiger partial charge in [-0.1, -0.05) is 19.1 Å². The molecule has 118 valence electrons. The number of methoxy groups -OCH3 is 1. The topological polar surface area (TPSA) is 71.7 Å². The SMILES string of the molecule is COc1cccc(C(C)CC(=O)NC(CO)c2ccco2)c1. The van der Waals surface area contributed by atoms with Crippen molar-refractivity contribution in [3.8, 4) is 5.75 Å². The minimum Gasteiger partial charge on any atom is -0.497 e. The molecule has 2 N–H and O–H groups in total. The fourth-order valence-electron chi connectivity index (χ4n) is 2.29. The molecule has 0 radical (unpaired) electrons. The Bertz CT molecular complexity index is 594. The van der Waals surface area contributed by atoms with Crippen LogP contribution in [0.1, 0.15) is 36.6 Å². The average molecular weight is 303 g/mol. The summed E-state index contributed by atoms with van der Waals surface area (Å²) in [5.41, 5.74) is 1.04. The van der Waals surface area contributed by atoms with Gasteiger partial charge in [0.25, 0.3) is 0 Å². The number of aliphatic hydroxyl groups excluding tert-OH is 1. The van der Waals surface area contributed by atoms with E-state index in [2.05, 4.69) is 5.32 Å². The fourth-order valence-corrected chi connectivity index (χ4v) is 2.29. The van der Waals surface area contributed by atoms with E-state index in [1.54, 1.807) is 19.2 Å². The first-order chi connectivity index (χ1) is 10.6. The molecule has 0 bridgehead atoms. The molecule has 0 spiro atoms. The third-order valence-electron chi connectivity index (χ3n) is 3.56. The van der Waals surface area contributed by atoms with E-state index in [0.717, 1.165) is 11.3 Å². The molecule has 2 atom stereocenters. The second kappa shape index (κ2) is 7.66. The first kappa shape index (κ1) is 16.1.